The Morgan fingerprint density at radius 3 is 2.25 bits per heavy atom. The molecule has 1 aromatic rings. The minimum absolute atomic E-state index is 0.503. The zero-order valence-electron chi connectivity index (χ0n) is 10.8. The van der Waals surface area contributed by atoms with Gasteiger partial charge in [-0.3, -0.25) is 0 Å². The Morgan fingerprint density at radius 1 is 1.12 bits per heavy atom. The van der Waals surface area contributed by atoms with Gasteiger partial charge in [-0.1, -0.05) is 26.0 Å². The van der Waals surface area contributed by atoms with Crippen molar-refractivity contribution in [2.75, 3.05) is 13.2 Å². The van der Waals surface area contributed by atoms with Crippen LogP contribution in [0.15, 0.2) is 24.3 Å². The molecule has 0 fully saturated rings. The highest BCUT2D eigenvalue weighted by Crippen LogP contribution is 2.21. The van der Waals surface area contributed by atoms with E-state index in [2.05, 4.69) is 38.2 Å². The molecule has 90 valence electrons. The molecule has 2 nitrogen and oxygen atoms in total. The monoisotopic (exact) mass is 221 g/mol. The molecule has 0 spiro atoms. The van der Waals surface area contributed by atoms with E-state index in [-0.39, 0.29) is 0 Å². The van der Waals surface area contributed by atoms with E-state index in [9.17, 15) is 0 Å². The van der Waals surface area contributed by atoms with E-state index < -0.39 is 0 Å². The summed E-state index contributed by atoms with van der Waals surface area (Å²) in [5.74, 6) is 1.48. The molecular weight excluding hydrogens is 198 g/mol. The van der Waals surface area contributed by atoms with Gasteiger partial charge in [-0.2, -0.15) is 0 Å². The van der Waals surface area contributed by atoms with Gasteiger partial charge in [0, 0.05) is 6.04 Å². The van der Waals surface area contributed by atoms with Crippen LogP contribution in [0, 0.1) is 0 Å². The van der Waals surface area contributed by atoms with Crippen LogP contribution >= 0.6 is 0 Å². The molecule has 0 amide bonds. The predicted molar refractivity (Wildman–Crippen MR) is 69.2 cm³/mol. The van der Waals surface area contributed by atoms with Gasteiger partial charge in [-0.05, 0) is 44.0 Å². The Hall–Kier alpha value is -1.02. The number of benzene rings is 1. The Balaban J connectivity index is 2.65. The summed E-state index contributed by atoms with van der Waals surface area (Å²) < 4.78 is 5.43. The first-order valence-electron chi connectivity index (χ1n) is 6.15. The zero-order chi connectivity index (χ0) is 12.0. The number of hydrogen-bond donors (Lipinski definition) is 1. The Labute approximate surface area is 99.0 Å². The van der Waals surface area contributed by atoms with Gasteiger partial charge in [-0.15, -0.1) is 0 Å². The first-order chi connectivity index (χ1) is 7.69. The minimum Gasteiger partial charge on any atom is -0.494 e. The highest BCUT2D eigenvalue weighted by molar-refractivity contribution is 5.29. The van der Waals surface area contributed by atoms with Gasteiger partial charge >= 0.3 is 0 Å². The Kier molecular flexibility index (Phi) is 5.33. The zero-order valence-corrected chi connectivity index (χ0v) is 10.8. The molecule has 2 heteroatoms. The van der Waals surface area contributed by atoms with Crippen LogP contribution in [0.2, 0.25) is 0 Å². The summed E-state index contributed by atoms with van der Waals surface area (Å²) in [6, 6.07) is 8.91. The van der Waals surface area contributed by atoms with Crippen molar-refractivity contribution in [3.05, 3.63) is 29.8 Å². The minimum atomic E-state index is 0.503. The lowest BCUT2D eigenvalue weighted by Gasteiger charge is -2.21. The molecule has 0 aliphatic carbocycles. The lowest BCUT2D eigenvalue weighted by Crippen LogP contribution is -2.30. The lowest BCUT2D eigenvalue weighted by atomic mass is 9.94. The van der Waals surface area contributed by atoms with Gasteiger partial charge in [0.05, 0.1) is 6.61 Å². The Bertz CT molecular complexity index is 294. The van der Waals surface area contributed by atoms with Crippen molar-refractivity contribution in [2.45, 2.75) is 39.7 Å². The van der Waals surface area contributed by atoms with Crippen LogP contribution in [0.3, 0.4) is 0 Å². The van der Waals surface area contributed by atoms with Gasteiger partial charge < -0.3 is 10.1 Å². The van der Waals surface area contributed by atoms with Crippen molar-refractivity contribution in [1.82, 2.24) is 5.32 Å². The lowest BCUT2D eigenvalue weighted by molar-refractivity contribution is 0.340. The largest absolute Gasteiger partial charge is 0.494 e. The van der Waals surface area contributed by atoms with E-state index in [1.807, 2.05) is 19.1 Å². The third kappa shape index (κ3) is 3.53. The maximum absolute atomic E-state index is 5.43. The maximum atomic E-state index is 5.43. The van der Waals surface area contributed by atoms with Crippen molar-refractivity contribution in [3.63, 3.8) is 0 Å². The van der Waals surface area contributed by atoms with E-state index in [1.165, 1.54) is 5.56 Å². The molecule has 0 heterocycles. The second-order valence-corrected chi connectivity index (χ2v) is 4.14. The number of hydrogen-bond acceptors (Lipinski definition) is 2. The van der Waals surface area contributed by atoms with Gasteiger partial charge in [0.15, 0.2) is 0 Å². The molecule has 2 unspecified atom stereocenters. The number of ether oxygens (including phenoxy) is 1. The van der Waals surface area contributed by atoms with Crippen LogP contribution in [0.4, 0.5) is 0 Å². The van der Waals surface area contributed by atoms with Crippen LogP contribution in [-0.2, 0) is 0 Å². The van der Waals surface area contributed by atoms with Crippen molar-refractivity contribution in [2.24, 2.45) is 0 Å². The summed E-state index contributed by atoms with van der Waals surface area (Å²) >= 11 is 0. The normalized spacial score (nSPS) is 14.5. The molecule has 0 aliphatic rings. The van der Waals surface area contributed by atoms with Crippen LogP contribution in [0.1, 0.15) is 39.2 Å². The molecule has 0 saturated heterocycles. The maximum Gasteiger partial charge on any atom is 0.119 e. The summed E-state index contributed by atoms with van der Waals surface area (Å²) in [7, 11) is 0. The van der Waals surface area contributed by atoms with E-state index in [1.54, 1.807) is 0 Å². The number of likely N-dealkylation sites (N-methyl/N-ethyl adjacent to an activating group) is 1. The molecule has 0 bridgehead atoms. The molecular formula is C14H23NO. The average molecular weight is 221 g/mol. The van der Waals surface area contributed by atoms with Crippen LogP contribution in [0.25, 0.3) is 0 Å². The smallest absolute Gasteiger partial charge is 0.119 e. The fourth-order valence-corrected chi connectivity index (χ4v) is 1.82. The third-order valence-electron chi connectivity index (χ3n) is 2.99. The highest BCUT2D eigenvalue weighted by Gasteiger charge is 2.12. The van der Waals surface area contributed by atoms with Crippen LogP contribution < -0.4 is 10.1 Å². The highest BCUT2D eigenvalue weighted by atomic mass is 16.5. The van der Waals surface area contributed by atoms with Crippen molar-refractivity contribution < 1.29 is 4.74 Å². The second-order valence-electron chi connectivity index (χ2n) is 4.14. The van der Waals surface area contributed by atoms with Crippen LogP contribution in [-0.4, -0.2) is 19.2 Å². The van der Waals surface area contributed by atoms with Crippen molar-refractivity contribution in [3.8, 4) is 5.75 Å². The second kappa shape index (κ2) is 6.54. The molecule has 0 radical (unpaired) electrons. The average Bonchev–Trinajstić information content (AvgIpc) is 2.30. The molecule has 1 aromatic carbocycles. The summed E-state index contributed by atoms with van der Waals surface area (Å²) in [5, 5.41) is 3.45. The SMILES string of the molecule is CCNC(C)C(C)c1ccc(OCC)cc1. The van der Waals surface area contributed by atoms with Crippen molar-refractivity contribution >= 4 is 0 Å². The number of nitrogens with one attached hydrogen (secondary N) is 1. The first kappa shape index (κ1) is 13.0. The van der Waals surface area contributed by atoms with Gasteiger partial charge in [-0.25, -0.2) is 0 Å². The van der Waals surface area contributed by atoms with Gasteiger partial charge in [0.25, 0.3) is 0 Å². The summed E-state index contributed by atoms with van der Waals surface area (Å²) in [4.78, 5) is 0. The standard InChI is InChI=1S/C14H23NO/c1-5-15-12(4)11(3)13-7-9-14(10-8-13)16-6-2/h7-12,15H,5-6H2,1-4H3. The first-order valence-corrected chi connectivity index (χ1v) is 6.15. The molecule has 2 atom stereocenters. The predicted octanol–water partition coefficient (Wildman–Crippen LogP) is 3.19. The molecule has 0 aliphatic heterocycles. The fraction of sp³-hybridized carbons (Fsp3) is 0.571. The third-order valence-corrected chi connectivity index (χ3v) is 2.99. The van der Waals surface area contributed by atoms with E-state index in [4.69, 9.17) is 4.74 Å². The van der Waals surface area contributed by atoms with E-state index in [0.29, 0.717) is 12.0 Å². The van der Waals surface area contributed by atoms with Gasteiger partial charge in [0.1, 0.15) is 5.75 Å². The number of rotatable bonds is 6. The van der Waals surface area contributed by atoms with Crippen LogP contribution in [0.5, 0.6) is 5.75 Å². The molecule has 1 rings (SSSR count). The molecule has 16 heavy (non-hydrogen) atoms. The summed E-state index contributed by atoms with van der Waals surface area (Å²) in [6.07, 6.45) is 0. The summed E-state index contributed by atoms with van der Waals surface area (Å²) in [6.45, 7) is 10.4. The van der Waals surface area contributed by atoms with Gasteiger partial charge in [0.2, 0.25) is 0 Å². The summed E-state index contributed by atoms with van der Waals surface area (Å²) in [5.41, 5.74) is 1.36. The Morgan fingerprint density at radius 2 is 1.75 bits per heavy atom. The van der Waals surface area contributed by atoms with E-state index >= 15 is 0 Å². The molecule has 0 saturated carbocycles. The topological polar surface area (TPSA) is 21.3 Å². The molecule has 1 N–H and O–H groups in total. The van der Waals surface area contributed by atoms with Crippen molar-refractivity contribution in [1.29, 1.82) is 0 Å². The van der Waals surface area contributed by atoms with E-state index in [0.717, 1.165) is 18.9 Å². The molecule has 0 aromatic heterocycles. The quantitative estimate of drug-likeness (QED) is 0.796. The fourth-order valence-electron chi connectivity index (χ4n) is 1.82.